The van der Waals surface area contributed by atoms with Gasteiger partial charge < -0.3 is 10.1 Å². The summed E-state index contributed by atoms with van der Waals surface area (Å²) in [6, 6.07) is 12.1. The second-order valence-electron chi connectivity index (χ2n) is 5.43. The van der Waals surface area contributed by atoms with Gasteiger partial charge in [0.1, 0.15) is 10.6 Å². The number of thiophene rings is 1. The Labute approximate surface area is 178 Å². The van der Waals surface area contributed by atoms with Crippen molar-refractivity contribution in [2.24, 2.45) is 0 Å². The molecule has 0 saturated carbocycles. The predicted octanol–water partition coefficient (Wildman–Crippen LogP) is 6.52. The number of ether oxygens (including phenoxy) is 1. The molecule has 0 aliphatic rings. The lowest BCUT2D eigenvalue weighted by Gasteiger charge is -2.08. The quantitative estimate of drug-likeness (QED) is 0.428. The Kier molecular flexibility index (Phi) is 6.22. The van der Waals surface area contributed by atoms with E-state index in [2.05, 4.69) is 21.2 Å². The lowest BCUT2D eigenvalue weighted by molar-refractivity contribution is 0.0603. The fraction of sp³-hybridized carbons (Fsp3) is 0.0526. The first-order valence-electron chi connectivity index (χ1n) is 7.63. The van der Waals surface area contributed by atoms with Crippen LogP contribution in [0.25, 0.3) is 11.1 Å². The number of anilines is 1. The van der Waals surface area contributed by atoms with Gasteiger partial charge in [-0.2, -0.15) is 0 Å². The second-order valence-corrected chi connectivity index (χ2v) is 8.04. The van der Waals surface area contributed by atoms with Gasteiger partial charge in [0.15, 0.2) is 0 Å². The minimum atomic E-state index is -0.529. The Morgan fingerprint density at radius 2 is 1.78 bits per heavy atom. The predicted molar refractivity (Wildman–Crippen MR) is 113 cm³/mol. The molecule has 1 heterocycles. The van der Waals surface area contributed by atoms with E-state index in [4.69, 9.17) is 27.9 Å². The molecule has 0 aliphatic heterocycles. The number of nitrogens with one attached hydrogen (secondary N) is 1. The van der Waals surface area contributed by atoms with Crippen LogP contribution in [0.4, 0.5) is 5.00 Å². The lowest BCUT2D eigenvalue weighted by atomic mass is 10.0. The summed E-state index contributed by atoms with van der Waals surface area (Å²) in [7, 11) is 1.30. The Bertz CT molecular complexity index is 1020. The number of carbonyl (C=O) groups is 2. The molecule has 0 unspecified atom stereocenters. The molecule has 0 fully saturated rings. The molecule has 1 aromatic heterocycles. The molecule has 138 valence electrons. The molecule has 0 atom stereocenters. The summed E-state index contributed by atoms with van der Waals surface area (Å²) in [6.07, 6.45) is 0. The van der Waals surface area contributed by atoms with Crippen LogP contribution in [0.3, 0.4) is 0 Å². The van der Waals surface area contributed by atoms with Crippen LogP contribution in [0.15, 0.2) is 52.3 Å². The van der Waals surface area contributed by atoms with E-state index in [9.17, 15) is 9.59 Å². The molecule has 1 amide bonds. The summed E-state index contributed by atoms with van der Waals surface area (Å²) in [5.74, 6) is -0.929. The molecule has 0 saturated heterocycles. The van der Waals surface area contributed by atoms with E-state index in [0.717, 1.165) is 10.0 Å². The third kappa shape index (κ3) is 4.35. The average molecular weight is 485 g/mol. The number of hydrogen-bond donors (Lipinski definition) is 1. The number of benzene rings is 2. The zero-order valence-electron chi connectivity index (χ0n) is 13.9. The Hall–Kier alpha value is -1.86. The zero-order chi connectivity index (χ0) is 19.6. The van der Waals surface area contributed by atoms with Crippen LogP contribution >= 0.6 is 50.5 Å². The number of amides is 1. The SMILES string of the molecule is COC(=O)c1c(-c2ccc(Br)cc2)csc1NC(=O)c1ccc(Cl)c(Cl)c1. The molecule has 0 spiro atoms. The van der Waals surface area contributed by atoms with E-state index in [1.54, 1.807) is 17.5 Å². The van der Waals surface area contributed by atoms with Gasteiger partial charge in [-0.3, -0.25) is 4.79 Å². The molecule has 2 aromatic carbocycles. The largest absolute Gasteiger partial charge is 0.465 e. The molecule has 1 N–H and O–H groups in total. The zero-order valence-corrected chi connectivity index (χ0v) is 17.8. The molecule has 0 aliphatic carbocycles. The highest BCUT2D eigenvalue weighted by Gasteiger charge is 2.23. The van der Waals surface area contributed by atoms with Crippen LogP contribution in [0.2, 0.25) is 10.0 Å². The van der Waals surface area contributed by atoms with Crippen LogP contribution in [0.5, 0.6) is 0 Å². The highest BCUT2D eigenvalue weighted by Crippen LogP contribution is 2.37. The fourth-order valence-corrected chi connectivity index (χ4v) is 3.92. The molecular formula is C19H12BrCl2NO3S. The van der Waals surface area contributed by atoms with Crippen molar-refractivity contribution >= 4 is 67.3 Å². The number of esters is 1. The van der Waals surface area contributed by atoms with Crippen LogP contribution in [-0.2, 0) is 4.74 Å². The lowest BCUT2D eigenvalue weighted by Crippen LogP contribution is -2.14. The summed E-state index contributed by atoms with van der Waals surface area (Å²) in [5, 5.41) is 5.60. The third-order valence-corrected chi connectivity index (χ3v) is 5.91. The molecule has 0 radical (unpaired) electrons. The average Bonchev–Trinajstić information content (AvgIpc) is 3.07. The molecule has 3 rings (SSSR count). The summed E-state index contributed by atoms with van der Waals surface area (Å²) >= 11 is 16.5. The fourth-order valence-electron chi connectivity index (χ4n) is 2.41. The number of methoxy groups -OCH3 is 1. The van der Waals surface area contributed by atoms with Crippen molar-refractivity contribution in [2.75, 3.05) is 12.4 Å². The van der Waals surface area contributed by atoms with Gasteiger partial charge in [0.2, 0.25) is 0 Å². The summed E-state index contributed by atoms with van der Waals surface area (Å²) in [4.78, 5) is 24.9. The van der Waals surface area contributed by atoms with Crippen LogP contribution in [0, 0.1) is 0 Å². The van der Waals surface area contributed by atoms with Gasteiger partial charge in [-0.15, -0.1) is 11.3 Å². The number of hydrogen-bond acceptors (Lipinski definition) is 4. The van der Waals surface area contributed by atoms with Crippen molar-refractivity contribution in [1.29, 1.82) is 0 Å². The van der Waals surface area contributed by atoms with Gasteiger partial charge in [0.05, 0.1) is 17.2 Å². The normalized spacial score (nSPS) is 10.5. The van der Waals surface area contributed by atoms with Crippen LogP contribution < -0.4 is 5.32 Å². The molecular weight excluding hydrogens is 473 g/mol. The van der Waals surface area contributed by atoms with Gasteiger partial charge >= 0.3 is 5.97 Å². The monoisotopic (exact) mass is 483 g/mol. The van der Waals surface area contributed by atoms with Gasteiger partial charge in [0, 0.05) is 21.0 Å². The summed E-state index contributed by atoms with van der Waals surface area (Å²) < 4.78 is 5.84. The Morgan fingerprint density at radius 1 is 1.07 bits per heavy atom. The van der Waals surface area contributed by atoms with Crippen LogP contribution in [-0.4, -0.2) is 19.0 Å². The van der Waals surface area contributed by atoms with Crippen molar-refractivity contribution in [2.45, 2.75) is 0 Å². The first kappa shape index (κ1) is 19.9. The third-order valence-electron chi connectivity index (χ3n) is 3.74. The van der Waals surface area contributed by atoms with Gasteiger partial charge in [-0.25, -0.2) is 4.79 Å². The second kappa shape index (κ2) is 8.44. The topological polar surface area (TPSA) is 55.4 Å². The van der Waals surface area contributed by atoms with E-state index in [0.29, 0.717) is 26.7 Å². The Balaban J connectivity index is 1.97. The first-order valence-corrected chi connectivity index (χ1v) is 10.1. The van der Waals surface area contributed by atoms with E-state index in [1.165, 1.54) is 24.5 Å². The van der Waals surface area contributed by atoms with Crippen molar-refractivity contribution in [3.05, 3.63) is 73.5 Å². The van der Waals surface area contributed by atoms with Gasteiger partial charge in [0.25, 0.3) is 5.91 Å². The van der Waals surface area contributed by atoms with Gasteiger partial charge in [-0.05, 0) is 35.9 Å². The molecule has 3 aromatic rings. The highest BCUT2D eigenvalue weighted by molar-refractivity contribution is 9.10. The number of rotatable bonds is 4. The number of halogens is 3. The molecule has 4 nitrogen and oxygen atoms in total. The molecule has 0 bridgehead atoms. The van der Waals surface area contributed by atoms with E-state index < -0.39 is 11.9 Å². The van der Waals surface area contributed by atoms with E-state index >= 15 is 0 Å². The van der Waals surface area contributed by atoms with Crippen molar-refractivity contribution in [3.63, 3.8) is 0 Å². The van der Waals surface area contributed by atoms with Crippen molar-refractivity contribution in [3.8, 4) is 11.1 Å². The number of carbonyl (C=O) groups excluding carboxylic acids is 2. The minimum absolute atomic E-state index is 0.277. The maximum Gasteiger partial charge on any atom is 0.341 e. The highest BCUT2D eigenvalue weighted by atomic mass is 79.9. The standard InChI is InChI=1S/C19H12BrCl2NO3S/c1-26-19(25)16-13(10-2-5-12(20)6-3-10)9-27-18(16)23-17(24)11-4-7-14(21)15(22)8-11/h2-9H,1H3,(H,23,24). The Morgan fingerprint density at radius 3 is 2.41 bits per heavy atom. The summed E-state index contributed by atoms with van der Waals surface area (Å²) in [6.45, 7) is 0. The summed E-state index contributed by atoms with van der Waals surface area (Å²) in [5.41, 5.74) is 2.16. The van der Waals surface area contributed by atoms with Gasteiger partial charge in [-0.1, -0.05) is 51.3 Å². The maximum absolute atomic E-state index is 12.6. The van der Waals surface area contributed by atoms with Crippen LogP contribution in [0.1, 0.15) is 20.7 Å². The molecule has 27 heavy (non-hydrogen) atoms. The van der Waals surface area contributed by atoms with Crippen molar-refractivity contribution in [1.82, 2.24) is 0 Å². The molecule has 8 heteroatoms. The maximum atomic E-state index is 12.6. The van der Waals surface area contributed by atoms with E-state index in [1.807, 2.05) is 24.3 Å². The minimum Gasteiger partial charge on any atom is -0.465 e. The van der Waals surface area contributed by atoms with Crippen molar-refractivity contribution < 1.29 is 14.3 Å². The first-order chi connectivity index (χ1) is 12.9. The smallest absolute Gasteiger partial charge is 0.341 e. The van der Waals surface area contributed by atoms with E-state index in [-0.39, 0.29) is 5.02 Å².